The smallest absolute Gasteiger partial charge is 0.195 e. The van der Waals surface area contributed by atoms with E-state index in [1.165, 1.54) is 45.3 Å². The Morgan fingerprint density at radius 2 is 0.692 bits per heavy atom. The summed E-state index contributed by atoms with van der Waals surface area (Å²) < 4.78 is 4.33. The molecular formula is C44H42O4S4. The molecule has 8 heteroatoms. The summed E-state index contributed by atoms with van der Waals surface area (Å²) in [6, 6.07) is 40.6. The Labute approximate surface area is 320 Å². The SMILES string of the molecule is CCCCO.CCCCO.OC(C#CC(O)(c1cc2ccccc2s1)c1cc2ccccc2s1)(c1cc2ccccc2s1)c1cc2ccccc2s1. The van der Waals surface area contributed by atoms with Crippen LogP contribution in [-0.4, -0.2) is 33.6 Å². The van der Waals surface area contributed by atoms with Crippen molar-refractivity contribution >= 4 is 85.7 Å². The van der Waals surface area contributed by atoms with Crippen LogP contribution in [0, 0.1) is 11.8 Å². The maximum absolute atomic E-state index is 12.6. The molecule has 0 amide bonds. The normalized spacial score (nSPS) is 11.6. The van der Waals surface area contributed by atoms with Crippen molar-refractivity contribution in [1.82, 2.24) is 0 Å². The van der Waals surface area contributed by atoms with Crippen LogP contribution >= 0.6 is 45.3 Å². The topological polar surface area (TPSA) is 80.9 Å². The number of hydrogen-bond acceptors (Lipinski definition) is 8. The van der Waals surface area contributed by atoms with E-state index in [1.807, 2.05) is 72.8 Å². The van der Waals surface area contributed by atoms with Crippen molar-refractivity contribution in [1.29, 1.82) is 0 Å². The molecule has 0 bridgehead atoms. The minimum absolute atomic E-state index is 0.344. The molecular weight excluding hydrogens is 721 g/mol. The fourth-order valence-electron chi connectivity index (χ4n) is 5.63. The Balaban J connectivity index is 0.000000413. The molecule has 0 aliphatic heterocycles. The summed E-state index contributed by atoms with van der Waals surface area (Å²) >= 11 is 6.15. The maximum Gasteiger partial charge on any atom is 0.195 e. The molecule has 0 unspecified atom stereocenters. The number of fused-ring (bicyclic) bond motifs is 4. The van der Waals surface area contributed by atoms with Crippen LogP contribution in [0.1, 0.15) is 59.0 Å². The van der Waals surface area contributed by atoms with Gasteiger partial charge in [0.1, 0.15) is 0 Å². The summed E-state index contributed by atoms with van der Waals surface area (Å²) in [5.74, 6) is 6.53. The van der Waals surface area contributed by atoms with Crippen LogP contribution in [0.25, 0.3) is 40.3 Å². The molecule has 4 nitrogen and oxygen atoms in total. The fraction of sp³-hybridized carbons (Fsp3) is 0.227. The monoisotopic (exact) mass is 762 g/mol. The van der Waals surface area contributed by atoms with Crippen LogP contribution in [-0.2, 0) is 11.2 Å². The van der Waals surface area contributed by atoms with Gasteiger partial charge in [0.25, 0.3) is 0 Å². The second-order valence-electron chi connectivity index (χ2n) is 12.4. The van der Waals surface area contributed by atoms with Gasteiger partial charge in [-0.15, -0.1) is 45.3 Å². The predicted molar refractivity (Wildman–Crippen MR) is 225 cm³/mol. The zero-order valence-electron chi connectivity index (χ0n) is 29.2. The molecule has 0 fully saturated rings. The third-order valence-electron chi connectivity index (χ3n) is 8.58. The first-order valence-electron chi connectivity index (χ1n) is 17.5. The molecule has 4 N–H and O–H groups in total. The van der Waals surface area contributed by atoms with Gasteiger partial charge < -0.3 is 20.4 Å². The number of aliphatic hydroxyl groups excluding tert-OH is 2. The predicted octanol–water partition coefficient (Wildman–Crippen LogP) is 11.3. The molecule has 0 aliphatic carbocycles. The first-order chi connectivity index (χ1) is 25.3. The summed E-state index contributed by atoms with van der Waals surface area (Å²) in [6.45, 7) is 4.79. The molecule has 52 heavy (non-hydrogen) atoms. The summed E-state index contributed by atoms with van der Waals surface area (Å²) in [5, 5.41) is 45.6. The number of thiophene rings is 4. The van der Waals surface area contributed by atoms with Crippen LogP contribution in [0.4, 0.5) is 0 Å². The van der Waals surface area contributed by atoms with E-state index in [9.17, 15) is 10.2 Å². The third-order valence-corrected chi connectivity index (χ3v) is 13.5. The van der Waals surface area contributed by atoms with Crippen LogP contribution in [0.2, 0.25) is 0 Å². The lowest BCUT2D eigenvalue weighted by Gasteiger charge is -2.23. The Hall–Kier alpha value is -3.88. The molecule has 4 heterocycles. The highest BCUT2D eigenvalue weighted by Gasteiger charge is 2.38. The molecule has 0 atom stereocenters. The van der Waals surface area contributed by atoms with Gasteiger partial charge in [-0.3, -0.25) is 0 Å². The van der Waals surface area contributed by atoms with E-state index in [4.69, 9.17) is 10.2 Å². The average molecular weight is 763 g/mol. The van der Waals surface area contributed by atoms with Gasteiger partial charge in [0.05, 0.1) is 19.5 Å². The molecule has 0 saturated heterocycles. The minimum Gasteiger partial charge on any atom is -0.396 e. The van der Waals surface area contributed by atoms with Gasteiger partial charge >= 0.3 is 0 Å². The van der Waals surface area contributed by atoms with Crippen molar-refractivity contribution in [3.05, 3.63) is 141 Å². The van der Waals surface area contributed by atoms with Gasteiger partial charge in [0, 0.05) is 32.0 Å². The second kappa shape index (κ2) is 17.3. The van der Waals surface area contributed by atoms with E-state index in [2.05, 4.69) is 74.2 Å². The highest BCUT2D eigenvalue weighted by atomic mass is 32.1. The molecule has 0 aliphatic rings. The second-order valence-corrected chi connectivity index (χ2v) is 16.8. The largest absolute Gasteiger partial charge is 0.396 e. The number of aliphatic hydroxyl groups is 4. The van der Waals surface area contributed by atoms with Gasteiger partial charge in [-0.05, 0) is 82.9 Å². The van der Waals surface area contributed by atoms with Crippen LogP contribution in [0.5, 0.6) is 0 Å². The molecule has 0 saturated carbocycles. The number of benzene rings is 4. The summed E-state index contributed by atoms with van der Waals surface area (Å²) in [5.41, 5.74) is -3.23. The molecule has 4 aromatic heterocycles. The van der Waals surface area contributed by atoms with E-state index in [1.54, 1.807) is 0 Å². The van der Waals surface area contributed by atoms with Crippen molar-refractivity contribution in [3.63, 3.8) is 0 Å². The van der Waals surface area contributed by atoms with Crippen LogP contribution in [0.3, 0.4) is 0 Å². The van der Waals surface area contributed by atoms with E-state index in [-0.39, 0.29) is 0 Å². The average Bonchev–Trinajstić information content (AvgIpc) is 3.99. The van der Waals surface area contributed by atoms with E-state index < -0.39 is 11.2 Å². The fourth-order valence-corrected chi connectivity index (χ4v) is 10.2. The standard InChI is InChI=1S/C36H22O2S4.2C4H10O/c37-35(31-19-23-9-1-5-13-27(23)39-31,32-20-24-10-2-6-14-28(24)40-32)17-18-36(38,33-21-25-11-3-7-15-29(25)41-33)34-22-26-12-4-8-16-30(26)42-34;2*1-2-3-4-5/h1-16,19-22,37-38H;2*5H,2-4H2,1H3. The minimum atomic E-state index is -1.62. The molecule has 8 aromatic rings. The van der Waals surface area contributed by atoms with Crippen molar-refractivity contribution in [3.8, 4) is 11.8 Å². The van der Waals surface area contributed by atoms with E-state index >= 15 is 0 Å². The van der Waals surface area contributed by atoms with Gasteiger partial charge in [-0.25, -0.2) is 0 Å². The molecule has 8 rings (SSSR count). The quantitative estimate of drug-likeness (QED) is 0.116. The summed E-state index contributed by atoms with van der Waals surface area (Å²) in [6.07, 6.45) is 4.08. The highest BCUT2D eigenvalue weighted by Crippen LogP contribution is 2.45. The zero-order valence-corrected chi connectivity index (χ0v) is 32.5. The molecule has 0 spiro atoms. The highest BCUT2D eigenvalue weighted by molar-refractivity contribution is 7.21. The molecule has 266 valence electrons. The third kappa shape index (κ3) is 8.18. The lowest BCUT2D eigenvalue weighted by molar-refractivity contribution is 0.141. The lowest BCUT2D eigenvalue weighted by Crippen LogP contribution is -2.27. The number of unbranched alkanes of at least 4 members (excludes halogenated alkanes) is 2. The van der Waals surface area contributed by atoms with Crippen LogP contribution < -0.4 is 0 Å². The van der Waals surface area contributed by atoms with E-state index in [0.717, 1.165) is 85.5 Å². The Bertz CT molecular complexity index is 1980. The number of rotatable bonds is 8. The molecule has 0 radical (unpaired) electrons. The Morgan fingerprint density at radius 1 is 0.442 bits per heavy atom. The van der Waals surface area contributed by atoms with Crippen LogP contribution in [0.15, 0.2) is 121 Å². The summed E-state index contributed by atoms with van der Waals surface area (Å²) in [7, 11) is 0. The first-order valence-corrected chi connectivity index (χ1v) is 20.8. The molecule has 4 aromatic carbocycles. The zero-order chi connectivity index (χ0) is 36.6. The van der Waals surface area contributed by atoms with Crippen molar-refractivity contribution < 1.29 is 20.4 Å². The van der Waals surface area contributed by atoms with Gasteiger partial charge in [-0.2, -0.15) is 0 Å². The maximum atomic E-state index is 12.6. The number of hydrogen-bond donors (Lipinski definition) is 4. The Morgan fingerprint density at radius 3 is 0.885 bits per heavy atom. The van der Waals surface area contributed by atoms with Gasteiger partial charge in [-0.1, -0.05) is 111 Å². The van der Waals surface area contributed by atoms with Crippen molar-refractivity contribution in [2.24, 2.45) is 0 Å². The van der Waals surface area contributed by atoms with Gasteiger partial charge in [0.15, 0.2) is 11.2 Å². The van der Waals surface area contributed by atoms with Crippen molar-refractivity contribution in [2.45, 2.75) is 50.7 Å². The summed E-state index contributed by atoms with van der Waals surface area (Å²) in [4.78, 5) is 2.94. The van der Waals surface area contributed by atoms with Crippen molar-refractivity contribution in [2.75, 3.05) is 13.2 Å². The Kier molecular flexibility index (Phi) is 12.6. The van der Waals surface area contributed by atoms with Gasteiger partial charge in [0.2, 0.25) is 0 Å². The lowest BCUT2D eigenvalue weighted by atomic mass is 9.94. The first kappa shape index (κ1) is 37.9. The van der Waals surface area contributed by atoms with E-state index in [0.29, 0.717) is 13.2 Å².